The molecule has 0 unspecified atom stereocenters. The van der Waals surface area contributed by atoms with Crippen molar-refractivity contribution in [1.82, 2.24) is 16.2 Å². The van der Waals surface area contributed by atoms with Crippen LogP contribution in [0, 0.1) is 5.92 Å². The lowest BCUT2D eigenvalue weighted by atomic mass is 10.0. The second-order valence-electron chi connectivity index (χ2n) is 6.07. The summed E-state index contributed by atoms with van der Waals surface area (Å²) in [5.74, 6) is -0.261. The van der Waals surface area contributed by atoms with Gasteiger partial charge in [0.1, 0.15) is 17.5 Å². The lowest BCUT2D eigenvalue weighted by Gasteiger charge is -2.22. The summed E-state index contributed by atoms with van der Waals surface area (Å²) in [6, 6.07) is 6.13. The summed E-state index contributed by atoms with van der Waals surface area (Å²) in [4.78, 5) is 35.4. The van der Waals surface area contributed by atoms with Crippen LogP contribution in [0.15, 0.2) is 24.3 Å². The van der Waals surface area contributed by atoms with E-state index in [1.807, 2.05) is 6.92 Å². The highest BCUT2D eigenvalue weighted by molar-refractivity contribution is 5.89. The minimum atomic E-state index is -0.827. The first-order chi connectivity index (χ1) is 12.2. The maximum absolute atomic E-state index is 12.1. The standard InChI is InChI=1S/C18H27N3O5/c1-6-25-14-7-9-15(10-8-14)26-12(4)17(23)20-21-18(24)16(11(2)3)19-13(5)22/h7-12,16H,6H2,1-5H3,(H,19,22)(H,20,23)(H,21,24)/t12-,16-/m1/s1. The predicted octanol–water partition coefficient (Wildman–Crippen LogP) is 1.16. The normalized spacial score (nSPS) is 12.7. The average molecular weight is 365 g/mol. The van der Waals surface area contributed by atoms with Crippen molar-refractivity contribution in [2.24, 2.45) is 5.92 Å². The topological polar surface area (TPSA) is 106 Å². The van der Waals surface area contributed by atoms with E-state index in [2.05, 4.69) is 16.2 Å². The summed E-state index contributed by atoms with van der Waals surface area (Å²) >= 11 is 0. The van der Waals surface area contributed by atoms with E-state index in [9.17, 15) is 14.4 Å². The molecule has 0 aliphatic heterocycles. The molecule has 0 saturated heterocycles. The first kappa shape index (κ1) is 21.3. The van der Waals surface area contributed by atoms with Crippen LogP contribution in [-0.4, -0.2) is 36.5 Å². The lowest BCUT2D eigenvalue weighted by molar-refractivity contribution is -0.135. The van der Waals surface area contributed by atoms with Crippen LogP contribution in [0.4, 0.5) is 0 Å². The zero-order valence-electron chi connectivity index (χ0n) is 15.8. The number of rotatable bonds is 8. The quantitative estimate of drug-likeness (QED) is 0.600. The number of hydrogen-bond donors (Lipinski definition) is 3. The van der Waals surface area contributed by atoms with Crippen LogP contribution in [0.5, 0.6) is 11.5 Å². The zero-order chi connectivity index (χ0) is 19.7. The molecular weight excluding hydrogens is 338 g/mol. The molecule has 0 heterocycles. The van der Waals surface area contributed by atoms with Crippen LogP contribution in [0.25, 0.3) is 0 Å². The van der Waals surface area contributed by atoms with Crippen molar-refractivity contribution in [3.8, 4) is 11.5 Å². The van der Waals surface area contributed by atoms with E-state index in [1.54, 1.807) is 45.0 Å². The van der Waals surface area contributed by atoms with Gasteiger partial charge in [-0.3, -0.25) is 25.2 Å². The van der Waals surface area contributed by atoms with Gasteiger partial charge >= 0.3 is 0 Å². The summed E-state index contributed by atoms with van der Waals surface area (Å²) in [5, 5.41) is 2.54. The number of carbonyl (C=O) groups is 3. The van der Waals surface area contributed by atoms with E-state index >= 15 is 0 Å². The first-order valence-electron chi connectivity index (χ1n) is 8.50. The summed E-state index contributed by atoms with van der Waals surface area (Å²) < 4.78 is 10.9. The summed E-state index contributed by atoms with van der Waals surface area (Å²) in [7, 11) is 0. The van der Waals surface area contributed by atoms with Crippen LogP contribution in [0.1, 0.15) is 34.6 Å². The summed E-state index contributed by atoms with van der Waals surface area (Å²) in [6.07, 6.45) is -0.827. The third-order valence-electron chi connectivity index (χ3n) is 3.43. The Morgan fingerprint density at radius 2 is 1.50 bits per heavy atom. The van der Waals surface area contributed by atoms with Crippen molar-refractivity contribution in [3.05, 3.63) is 24.3 Å². The molecule has 1 aromatic carbocycles. The Morgan fingerprint density at radius 3 is 2.00 bits per heavy atom. The molecule has 0 fully saturated rings. The molecule has 2 atom stereocenters. The highest BCUT2D eigenvalue weighted by Crippen LogP contribution is 2.18. The minimum absolute atomic E-state index is 0.131. The van der Waals surface area contributed by atoms with Gasteiger partial charge in [0, 0.05) is 6.92 Å². The van der Waals surface area contributed by atoms with Gasteiger partial charge < -0.3 is 14.8 Å². The summed E-state index contributed by atoms with van der Waals surface area (Å²) in [6.45, 7) is 8.93. The fourth-order valence-electron chi connectivity index (χ4n) is 2.10. The van der Waals surface area contributed by atoms with Crippen molar-refractivity contribution in [1.29, 1.82) is 0 Å². The van der Waals surface area contributed by atoms with Gasteiger partial charge in [-0.15, -0.1) is 0 Å². The van der Waals surface area contributed by atoms with Crippen molar-refractivity contribution in [2.45, 2.75) is 46.8 Å². The van der Waals surface area contributed by atoms with Crippen LogP contribution < -0.4 is 25.6 Å². The second-order valence-corrected chi connectivity index (χ2v) is 6.07. The molecule has 1 rings (SSSR count). The monoisotopic (exact) mass is 365 g/mol. The van der Waals surface area contributed by atoms with Gasteiger partial charge in [-0.2, -0.15) is 0 Å². The molecule has 0 aromatic heterocycles. The molecule has 8 heteroatoms. The van der Waals surface area contributed by atoms with Crippen LogP contribution in [-0.2, 0) is 14.4 Å². The van der Waals surface area contributed by atoms with E-state index in [-0.39, 0.29) is 11.8 Å². The number of carbonyl (C=O) groups excluding carboxylic acids is 3. The van der Waals surface area contributed by atoms with E-state index < -0.39 is 24.0 Å². The minimum Gasteiger partial charge on any atom is -0.494 e. The highest BCUT2D eigenvalue weighted by atomic mass is 16.5. The molecule has 0 aliphatic carbocycles. The molecule has 0 bridgehead atoms. The fraction of sp³-hybridized carbons (Fsp3) is 0.500. The van der Waals surface area contributed by atoms with Crippen molar-refractivity contribution in [2.75, 3.05) is 6.61 Å². The van der Waals surface area contributed by atoms with Gasteiger partial charge in [-0.1, -0.05) is 13.8 Å². The molecule has 0 saturated carbocycles. The predicted molar refractivity (Wildman–Crippen MR) is 96.4 cm³/mol. The van der Waals surface area contributed by atoms with Gasteiger partial charge in [-0.25, -0.2) is 0 Å². The largest absolute Gasteiger partial charge is 0.494 e. The SMILES string of the molecule is CCOc1ccc(O[C@H](C)C(=O)NNC(=O)[C@H](NC(C)=O)C(C)C)cc1. The van der Waals surface area contributed by atoms with E-state index in [1.165, 1.54) is 6.92 Å². The molecular formula is C18H27N3O5. The average Bonchev–Trinajstić information content (AvgIpc) is 2.58. The van der Waals surface area contributed by atoms with Gasteiger partial charge in [0.05, 0.1) is 6.61 Å². The molecule has 0 radical (unpaired) electrons. The molecule has 3 amide bonds. The smallest absolute Gasteiger partial charge is 0.279 e. The Balaban J connectivity index is 2.52. The third kappa shape index (κ3) is 7.00. The van der Waals surface area contributed by atoms with Crippen LogP contribution >= 0.6 is 0 Å². The molecule has 1 aromatic rings. The Labute approximate surface area is 153 Å². The maximum Gasteiger partial charge on any atom is 0.279 e. The Bertz CT molecular complexity index is 616. The number of ether oxygens (including phenoxy) is 2. The summed E-state index contributed by atoms with van der Waals surface area (Å²) in [5.41, 5.74) is 4.61. The Kier molecular flexibility index (Phi) is 8.41. The van der Waals surface area contributed by atoms with Crippen LogP contribution in [0.2, 0.25) is 0 Å². The number of hydrazine groups is 1. The maximum atomic E-state index is 12.1. The molecule has 3 N–H and O–H groups in total. The zero-order valence-corrected chi connectivity index (χ0v) is 15.8. The molecule has 0 aliphatic rings. The Morgan fingerprint density at radius 1 is 0.962 bits per heavy atom. The number of benzene rings is 1. The Hall–Kier alpha value is -2.77. The van der Waals surface area contributed by atoms with E-state index in [4.69, 9.17) is 9.47 Å². The molecule has 0 spiro atoms. The van der Waals surface area contributed by atoms with Gasteiger partial charge in [0.2, 0.25) is 5.91 Å². The number of amides is 3. The molecule has 26 heavy (non-hydrogen) atoms. The van der Waals surface area contributed by atoms with E-state index in [0.717, 1.165) is 0 Å². The third-order valence-corrected chi connectivity index (χ3v) is 3.43. The van der Waals surface area contributed by atoms with Gasteiger partial charge in [-0.05, 0) is 44.0 Å². The van der Waals surface area contributed by atoms with E-state index in [0.29, 0.717) is 18.1 Å². The molecule has 144 valence electrons. The lowest BCUT2D eigenvalue weighted by Crippen LogP contribution is -2.55. The highest BCUT2D eigenvalue weighted by Gasteiger charge is 2.24. The van der Waals surface area contributed by atoms with Crippen molar-refractivity contribution < 1.29 is 23.9 Å². The van der Waals surface area contributed by atoms with Gasteiger partial charge in [0.25, 0.3) is 11.8 Å². The second kappa shape index (κ2) is 10.3. The van der Waals surface area contributed by atoms with Gasteiger partial charge in [0.15, 0.2) is 6.10 Å². The van der Waals surface area contributed by atoms with Crippen molar-refractivity contribution in [3.63, 3.8) is 0 Å². The van der Waals surface area contributed by atoms with Crippen LogP contribution in [0.3, 0.4) is 0 Å². The number of nitrogens with one attached hydrogen (secondary N) is 3. The molecule has 8 nitrogen and oxygen atoms in total. The fourth-order valence-corrected chi connectivity index (χ4v) is 2.10. The first-order valence-corrected chi connectivity index (χ1v) is 8.50. The van der Waals surface area contributed by atoms with Crippen molar-refractivity contribution >= 4 is 17.7 Å². The number of hydrogen-bond acceptors (Lipinski definition) is 5.